The maximum absolute atomic E-state index is 12.2. The Morgan fingerprint density at radius 1 is 1.40 bits per heavy atom. The van der Waals surface area contributed by atoms with Crippen molar-refractivity contribution in [1.82, 2.24) is 10.6 Å². The van der Waals surface area contributed by atoms with Crippen LogP contribution in [0.3, 0.4) is 0 Å². The second kappa shape index (κ2) is 8.00. The van der Waals surface area contributed by atoms with Gasteiger partial charge in [0.25, 0.3) is 18.3 Å². The fourth-order valence-corrected chi connectivity index (χ4v) is 0.776. The third kappa shape index (κ3) is 6.59. The third-order valence-electron chi connectivity index (χ3n) is 1.62. The van der Waals surface area contributed by atoms with Crippen molar-refractivity contribution in [3.8, 4) is 6.07 Å². The fraction of sp³-hybridized carbons (Fsp3) is 0.625. The van der Waals surface area contributed by atoms with Gasteiger partial charge in [-0.3, -0.25) is 10.1 Å². The summed E-state index contributed by atoms with van der Waals surface area (Å²) in [6.07, 6.45) is -8.66. The number of amides is 3. The monoisotopic (exact) mass is 300 g/mol. The number of hydrogen-bond acceptors (Lipinski definition) is 6. The summed E-state index contributed by atoms with van der Waals surface area (Å²) in [5, 5.41) is 13.7. The Kier molecular flexibility index (Phi) is 7.08. The molecule has 0 aromatic carbocycles. The molecule has 0 aliphatic heterocycles. The topological polar surface area (TPSA) is 121 Å². The van der Waals surface area contributed by atoms with E-state index >= 15 is 0 Å². The normalized spacial score (nSPS) is 13.8. The molecule has 0 radical (unpaired) electrons. The van der Waals surface area contributed by atoms with Crippen molar-refractivity contribution in [2.75, 3.05) is 13.2 Å². The molecule has 0 saturated heterocycles. The van der Waals surface area contributed by atoms with Crippen LogP contribution in [0.4, 0.5) is 22.4 Å². The number of alkyl halides is 4. The van der Waals surface area contributed by atoms with Crippen molar-refractivity contribution >= 4 is 11.9 Å². The molecule has 112 valence electrons. The largest absolute Gasteiger partial charge is 0.445 e. The van der Waals surface area contributed by atoms with E-state index in [1.54, 1.807) is 0 Å². The predicted octanol–water partition coefficient (Wildman–Crippen LogP) is 0.345. The van der Waals surface area contributed by atoms with Gasteiger partial charge in [0.2, 0.25) is 0 Å². The van der Waals surface area contributed by atoms with Crippen LogP contribution in [0.1, 0.15) is 0 Å². The van der Waals surface area contributed by atoms with E-state index in [0.29, 0.717) is 0 Å². The van der Waals surface area contributed by atoms with Gasteiger partial charge < -0.3 is 10.1 Å². The Hall–Kier alpha value is -2.29. The lowest BCUT2D eigenvalue weighted by Crippen LogP contribution is -2.44. The van der Waals surface area contributed by atoms with Gasteiger partial charge in [-0.1, -0.05) is 0 Å². The molecule has 0 aromatic heterocycles. The second-order valence-electron chi connectivity index (χ2n) is 3.11. The smallest absolute Gasteiger partial charge is 0.339 e. The van der Waals surface area contributed by atoms with E-state index < -0.39 is 43.7 Å². The summed E-state index contributed by atoms with van der Waals surface area (Å²) in [6.45, 7) is -1.35. The first-order valence-corrected chi connectivity index (χ1v) is 4.85. The Labute approximate surface area is 109 Å². The standard InChI is InChI=1S/C8H8F4N4O4/c9-6(8(10,11)12)20-2-1-14-7(18)15-5(17)4(3-13)16-19/h4,6H,1-2H2,(H2,14,15,17,18). The van der Waals surface area contributed by atoms with Gasteiger partial charge in [0.05, 0.1) is 6.61 Å². The van der Waals surface area contributed by atoms with Gasteiger partial charge in [-0.25, -0.2) is 9.18 Å². The number of carbonyl (C=O) groups is 2. The first kappa shape index (κ1) is 17.7. The van der Waals surface area contributed by atoms with E-state index in [0.717, 1.165) is 0 Å². The molecule has 0 aliphatic rings. The molecule has 0 heterocycles. The summed E-state index contributed by atoms with van der Waals surface area (Å²) < 4.78 is 50.9. The SMILES string of the molecule is N#CC(N=O)C(=O)NC(=O)NCCOC(F)C(F)(F)F. The molecule has 2 unspecified atom stereocenters. The third-order valence-corrected chi connectivity index (χ3v) is 1.62. The van der Waals surface area contributed by atoms with Gasteiger partial charge in [0.1, 0.15) is 6.07 Å². The van der Waals surface area contributed by atoms with Crippen molar-refractivity contribution in [3.05, 3.63) is 4.91 Å². The van der Waals surface area contributed by atoms with Crippen LogP contribution in [0.15, 0.2) is 5.18 Å². The van der Waals surface area contributed by atoms with Crippen LogP contribution in [-0.2, 0) is 9.53 Å². The Balaban J connectivity index is 3.94. The van der Waals surface area contributed by atoms with Gasteiger partial charge >= 0.3 is 12.2 Å². The van der Waals surface area contributed by atoms with E-state index in [1.165, 1.54) is 11.4 Å². The van der Waals surface area contributed by atoms with Gasteiger partial charge in [-0.15, -0.1) is 4.91 Å². The number of nitrogens with one attached hydrogen (secondary N) is 2. The Morgan fingerprint density at radius 2 is 2.00 bits per heavy atom. The van der Waals surface area contributed by atoms with Crippen LogP contribution in [0.5, 0.6) is 0 Å². The molecular weight excluding hydrogens is 292 g/mol. The van der Waals surface area contributed by atoms with E-state index in [9.17, 15) is 32.1 Å². The number of rotatable bonds is 6. The zero-order valence-corrected chi connectivity index (χ0v) is 9.61. The first-order chi connectivity index (χ1) is 9.22. The summed E-state index contributed by atoms with van der Waals surface area (Å²) in [5.74, 6) is -1.31. The molecule has 0 aromatic rings. The molecule has 3 amide bonds. The highest BCUT2D eigenvalue weighted by atomic mass is 19.4. The van der Waals surface area contributed by atoms with Crippen molar-refractivity contribution in [3.63, 3.8) is 0 Å². The van der Waals surface area contributed by atoms with Crippen LogP contribution in [0, 0.1) is 16.2 Å². The molecule has 0 bridgehead atoms. The Bertz CT molecular complexity index is 408. The average molecular weight is 300 g/mol. The van der Waals surface area contributed by atoms with E-state index in [1.807, 2.05) is 5.32 Å². The summed E-state index contributed by atoms with van der Waals surface area (Å²) in [4.78, 5) is 31.9. The highest BCUT2D eigenvalue weighted by molar-refractivity contribution is 5.98. The van der Waals surface area contributed by atoms with E-state index in [4.69, 9.17) is 5.26 Å². The number of urea groups is 1. The average Bonchev–Trinajstić information content (AvgIpc) is 2.34. The van der Waals surface area contributed by atoms with E-state index in [2.05, 4.69) is 9.91 Å². The summed E-state index contributed by atoms with van der Waals surface area (Å²) in [6, 6.07) is -1.95. The van der Waals surface area contributed by atoms with Crippen LogP contribution >= 0.6 is 0 Å². The second-order valence-corrected chi connectivity index (χ2v) is 3.11. The predicted molar refractivity (Wildman–Crippen MR) is 53.6 cm³/mol. The summed E-state index contributed by atoms with van der Waals surface area (Å²) >= 11 is 0. The highest BCUT2D eigenvalue weighted by Gasteiger charge is 2.41. The molecule has 0 aliphatic carbocycles. The minimum atomic E-state index is -5.17. The van der Waals surface area contributed by atoms with Crippen LogP contribution in [0.25, 0.3) is 0 Å². The minimum absolute atomic E-state index is 0.540. The zero-order valence-electron chi connectivity index (χ0n) is 9.61. The summed E-state index contributed by atoms with van der Waals surface area (Å²) in [5.41, 5.74) is 0. The maximum atomic E-state index is 12.2. The minimum Gasteiger partial charge on any atom is -0.339 e. The lowest BCUT2D eigenvalue weighted by molar-refractivity contribution is -0.263. The number of nitrogens with zero attached hydrogens (tertiary/aromatic N) is 2. The van der Waals surface area contributed by atoms with Gasteiger partial charge in [-0.05, 0) is 5.18 Å². The molecule has 0 fully saturated rings. The van der Waals surface area contributed by atoms with E-state index in [-0.39, 0.29) is 0 Å². The van der Waals surface area contributed by atoms with Gasteiger partial charge in [0.15, 0.2) is 0 Å². The maximum Gasteiger partial charge on any atom is 0.445 e. The van der Waals surface area contributed by atoms with Crippen molar-refractivity contribution in [2.24, 2.45) is 5.18 Å². The molecule has 0 saturated carbocycles. The fourth-order valence-electron chi connectivity index (χ4n) is 0.776. The lowest BCUT2D eigenvalue weighted by atomic mass is 10.3. The number of nitriles is 1. The quantitative estimate of drug-likeness (QED) is 0.416. The molecule has 0 spiro atoms. The highest BCUT2D eigenvalue weighted by Crippen LogP contribution is 2.23. The van der Waals surface area contributed by atoms with Crippen molar-refractivity contribution in [2.45, 2.75) is 18.6 Å². The first-order valence-electron chi connectivity index (χ1n) is 4.85. The molecule has 0 rings (SSSR count). The molecule has 20 heavy (non-hydrogen) atoms. The molecule has 12 heteroatoms. The number of halogens is 4. The molecule has 2 atom stereocenters. The van der Waals surface area contributed by atoms with Crippen molar-refractivity contribution in [1.29, 1.82) is 5.26 Å². The number of imide groups is 1. The number of nitroso groups, excluding NO2 is 1. The molecule has 8 nitrogen and oxygen atoms in total. The van der Waals surface area contributed by atoms with Crippen LogP contribution < -0.4 is 10.6 Å². The van der Waals surface area contributed by atoms with Crippen LogP contribution in [0.2, 0.25) is 0 Å². The number of carbonyl (C=O) groups excluding carboxylic acids is 2. The lowest BCUT2D eigenvalue weighted by Gasteiger charge is -2.13. The number of hydrogen-bond donors (Lipinski definition) is 2. The zero-order chi connectivity index (χ0) is 15.8. The van der Waals surface area contributed by atoms with Crippen molar-refractivity contribution < 1.29 is 31.9 Å². The molecular formula is C8H8F4N4O4. The Morgan fingerprint density at radius 3 is 2.45 bits per heavy atom. The van der Waals surface area contributed by atoms with Crippen LogP contribution in [-0.4, -0.2) is 43.7 Å². The number of ether oxygens (including phenoxy) is 1. The molecule has 2 N–H and O–H groups in total. The summed E-state index contributed by atoms with van der Waals surface area (Å²) in [7, 11) is 0. The van der Waals surface area contributed by atoms with Gasteiger partial charge in [0, 0.05) is 6.54 Å². The van der Waals surface area contributed by atoms with Gasteiger partial charge in [-0.2, -0.15) is 18.4 Å².